The van der Waals surface area contributed by atoms with Gasteiger partial charge in [-0.15, -0.1) is 0 Å². The van der Waals surface area contributed by atoms with Crippen molar-refractivity contribution in [3.63, 3.8) is 0 Å². The van der Waals surface area contributed by atoms with Gasteiger partial charge >= 0.3 is 5.97 Å². The van der Waals surface area contributed by atoms with Gasteiger partial charge < -0.3 is 20.4 Å². The lowest BCUT2D eigenvalue weighted by atomic mass is 9.90. The average Bonchev–Trinajstić information content (AvgIpc) is 3.44. The Kier molecular flexibility index (Phi) is 9.09. The molecule has 0 fully saturated rings. The SMILES string of the molecule is COC(=O)C(Cc1c[nH]c2ccccc12)NC(=O)C(Cc1ccccc1)NC(=O)C(c1ccccc1)c1ccccc1. The number of amides is 2. The third-order valence-corrected chi connectivity index (χ3v) is 7.34. The van der Waals surface area contributed by atoms with E-state index in [0.717, 1.165) is 33.2 Å². The zero-order chi connectivity index (χ0) is 29.3. The number of aromatic amines is 1. The number of carbonyl (C=O) groups is 3. The fourth-order valence-corrected chi connectivity index (χ4v) is 5.23. The number of H-pyrrole nitrogens is 1. The molecule has 2 unspecified atom stereocenters. The maximum atomic E-state index is 13.9. The Morgan fingerprint density at radius 1 is 0.667 bits per heavy atom. The summed E-state index contributed by atoms with van der Waals surface area (Å²) in [5.74, 6) is -1.97. The molecule has 0 radical (unpaired) electrons. The van der Waals surface area contributed by atoms with Crippen LogP contribution in [0, 0.1) is 0 Å². The third-order valence-electron chi connectivity index (χ3n) is 7.34. The molecule has 0 spiro atoms. The molecular weight excluding hydrogens is 526 g/mol. The van der Waals surface area contributed by atoms with Crippen LogP contribution in [0.15, 0.2) is 121 Å². The topological polar surface area (TPSA) is 100 Å². The van der Waals surface area contributed by atoms with Crippen LogP contribution >= 0.6 is 0 Å². The number of benzene rings is 4. The first-order valence-electron chi connectivity index (χ1n) is 13.9. The molecule has 0 aliphatic rings. The van der Waals surface area contributed by atoms with E-state index in [1.165, 1.54) is 7.11 Å². The molecule has 0 bridgehead atoms. The first kappa shape index (κ1) is 28.4. The lowest BCUT2D eigenvalue weighted by molar-refractivity contribution is -0.145. The number of rotatable bonds is 11. The summed E-state index contributed by atoms with van der Waals surface area (Å²) in [7, 11) is 1.30. The van der Waals surface area contributed by atoms with Gasteiger partial charge in [0.2, 0.25) is 11.8 Å². The van der Waals surface area contributed by atoms with Crippen LogP contribution in [0.1, 0.15) is 28.2 Å². The lowest BCUT2D eigenvalue weighted by Gasteiger charge is -2.25. The van der Waals surface area contributed by atoms with Crippen molar-refractivity contribution in [3.8, 4) is 0 Å². The Balaban J connectivity index is 1.42. The van der Waals surface area contributed by atoms with Gasteiger partial charge in [0.1, 0.15) is 12.1 Å². The Labute approximate surface area is 244 Å². The fourth-order valence-electron chi connectivity index (χ4n) is 5.23. The van der Waals surface area contributed by atoms with E-state index in [-0.39, 0.29) is 18.7 Å². The first-order chi connectivity index (χ1) is 20.5. The molecule has 212 valence electrons. The van der Waals surface area contributed by atoms with Crippen LogP contribution < -0.4 is 10.6 Å². The quantitative estimate of drug-likeness (QED) is 0.200. The van der Waals surface area contributed by atoms with Crippen LogP contribution in [0.2, 0.25) is 0 Å². The molecule has 0 saturated carbocycles. The summed E-state index contributed by atoms with van der Waals surface area (Å²) >= 11 is 0. The molecule has 7 nitrogen and oxygen atoms in total. The van der Waals surface area contributed by atoms with E-state index in [1.807, 2.05) is 121 Å². The Bertz CT molecular complexity index is 1600. The highest BCUT2D eigenvalue weighted by Gasteiger charge is 2.31. The van der Waals surface area contributed by atoms with E-state index in [9.17, 15) is 14.4 Å². The number of carbonyl (C=O) groups excluding carboxylic acids is 3. The van der Waals surface area contributed by atoms with Crippen LogP contribution in [-0.2, 0) is 32.0 Å². The number of para-hydroxylation sites is 1. The minimum Gasteiger partial charge on any atom is -0.467 e. The van der Waals surface area contributed by atoms with Crippen molar-refractivity contribution in [2.24, 2.45) is 0 Å². The van der Waals surface area contributed by atoms with Crippen LogP contribution in [0.5, 0.6) is 0 Å². The highest BCUT2D eigenvalue weighted by atomic mass is 16.5. The van der Waals surface area contributed by atoms with E-state index in [2.05, 4.69) is 15.6 Å². The largest absolute Gasteiger partial charge is 0.467 e. The van der Waals surface area contributed by atoms with Crippen LogP contribution in [-0.4, -0.2) is 42.0 Å². The van der Waals surface area contributed by atoms with E-state index in [1.54, 1.807) is 0 Å². The number of fused-ring (bicyclic) bond motifs is 1. The minimum atomic E-state index is -0.948. The normalized spacial score (nSPS) is 12.4. The highest BCUT2D eigenvalue weighted by Crippen LogP contribution is 2.25. The van der Waals surface area contributed by atoms with E-state index >= 15 is 0 Å². The Morgan fingerprint density at radius 3 is 1.83 bits per heavy atom. The van der Waals surface area contributed by atoms with Crippen molar-refractivity contribution in [1.29, 1.82) is 0 Å². The molecule has 4 aromatic carbocycles. The predicted octanol–water partition coefficient (Wildman–Crippen LogP) is 4.93. The summed E-state index contributed by atoms with van der Waals surface area (Å²) in [5, 5.41) is 6.84. The molecule has 0 saturated heterocycles. The van der Waals surface area contributed by atoms with Crippen molar-refractivity contribution in [2.75, 3.05) is 7.11 Å². The number of methoxy groups -OCH3 is 1. The molecule has 7 heteroatoms. The summed E-state index contributed by atoms with van der Waals surface area (Å²) < 4.78 is 5.06. The number of aromatic nitrogens is 1. The van der Waals surface area contributed by atoms with Crippen molar-refractivity contribution < 1.29 is 19.1 Å². The van der Waals surface area contributed by atoms with Crippen molar-refractivity contribution in [1.82, 2.24) is 15.6 Å². The van der Waals surface area contributed by atoms with Gasteiger partial charge in [-0.25, -0.2) is 4.79 Å². The van der Waals surface area contributed by atoms with Crippen LogP contribution in [0.4, 0.5) is 0 Å². The van der Waals surface area contributed by atoms with Crippen molar-refractivity contribution >= 4 is 28.7 Å². The van der Waals surface area contributed by atoms with Gasteiger partial charge in [0, 0.05) is 29.9 Å². The Morgan fingerprint density at radius 2 is 1.21 bits per heavy atom. The second-order valence-electron chi connectivity index (χ2n) is 10.2. The molecule has 1 heterocycles. The molecule has 2 atom stereocenters. The fraction of sp³-hybridized carbons (Fsp3) is 0.171. The smallest absolute Gasteiger partial charge is 0.328 e. The average molecular weight is 560 g/mol. The molecule has 5 aromatic rings. The first-order valence-corrected chi connectivity index (χ1v) is 13.9. The summed E-state index contributed by atoms with van der Waals surface area (Å²) in [5.41, 5.74) is 4.31. The summed E-state index contributed by atoms with van der Waals surface area (Å²) in [6.07, 6.45) is 2.31. The maximum Gasteiger partial charge on any atom is 0.328 e. The Hall–Kier alpha value is -5.17. The monoisotopic (exact) mass is 559 g/mol. The van der Waals surface area contributed by atoms with Gasteiger partial charge in [-0.2, -0.15) is 0 Å². The molecular formula is C35H33N3O4. The van der Waals surface area contributed by atoms with Crippen molar-refractivity contribution in [3.05, 3.63) is 144 Å². The maximum absolute atomic E-state index is 13.9. The third kappa shape index (κ3) is 6.75. The molecule has 3 N–H and O–H groups in total. The van der Waals surface area contributed by atoms with E-state index in [4.69, 9.17) is 4.74 Å². The van der Waals surface area contributed by atoms with Gasteiger partial charge in [-0.05, 0) is 28.3 Å². The number of hydrogen-bond donors (Lipinski definition) is 3. The minimum absolute atomic E-state index is 0.227. The van der Waals surface area contributed by atoms with Gasteiger partial charge in [0.05, 0.1) is 13.0 Å². The molecule has 1 aromatic heterocycles. The second kappa shape index (κ2) is 13.5. The van der Waals surface area contributed by atoms with Gasteiger partial charge in [-0.1, -0.05) is 109 Å². The lowest BCUT2D eigenvalue weighted by Crippen LogP contribution is -2.54. The molecule has 0 aliphatic carbocycles. The number of esters is 1. The zero-order valence-corrected chi connectivity index (χ0v) is 23.3. The molecule has 42 heavy (non-hydrogen) atoms. The highest BCUT2D eigenvalue weighted by molar-refractivity contribution is 5.94. The standard InChI is InChI=1S/C35H33N3O4/c1-42-35(41)31(22-27-23-36-29-20-12-11-19-28(27)29)38-33(39)30(21-24-13-5-2-6-14-24)37-34(40)32(25-15-7-3-8-16-25)26-17-9-4-10-18-26/h2-20,23,30-32,36H,21-22H2,1H3,(H,37,40)(H,38,39). The summed E-state index contributed by atoms with van der Waals surface area (Å²) in [6.45, 7) is 0. The van der Waals surface area contributed by atoms with Gasteiger partial charge in [0.15, 0.2) is 0 Å². The number of hydrogen-bond acceptors (Lipinski definition) is 4. The summed E-state index contributed by atoms with van der Waals surface area (Å²) in [6, 6.07) is 34.3. The van der Waals surface area contributed by atoms with E-state index < -0.39 is 29.9 Å². The molecule has 5 rings (SSSR count). The van der Waals surface area contributed by atoms with Crippen LogP contribution in [0.3, 0.4) is 0 Å². The van der Waals surface area contributed by atoms with E-state index in [0.29, 0.717) is 0 Å². The van der Waals surface area contributed by atoms with Gasteiger partial charge in [-0.3, -0.25) is 9.59 Å². The van der Waals surface area contributed by atoms with Gasteiger partial charge in [0.25, 0.3) is 0 Å². The number of ether oxygens (including phenoxy) is 1. The summed E-state index contributed by atoms with van der Waals surface area (Å²) in [4.78, 5) is 43.9. The second-order valence-corrected chi connectivity index (χ2v) is 10.2. The van der Waals surface area contributed by atoms with Crippen molar-refractivity contribution in [2.45, 2.75) is 30.8 Å². The number of nitrogens with one attached hydrogen (secondary N) is 3. The zero-order valence-electron chi connectivity index (χ0n) is 23.3. The molecule has 2 amide bonds. The molecule has 0 aliphatic heterocycles. The van der Waals surface area contributed by atoms with Crippen LogP contribution in [0.25, 0.3) is 10.9 Å². The predicted molar refractivity (Wildman–Crippen MR) is 163 cm³/mol.